The predicted molar refractivity (Wildman–Crippen MR) is 60.3 cm³/mol. The number of nitriles is 1. The van der Waals surface area contributed by atoms with E-state index in [0.29, 0.717) is 11.3 Å². The van der Waals surface area contributed by atoms with E-state index in [1.807, 2.05) is 24.3 Å². The zero-order valence-corrected chi connectivity index (χ0v) is 8.59. The highest BCUT2D eigenvalue weighted by Crippen LogP contribution is 2.21. The summed E-state index contributed by atoms with van der Waals surface area (Å²) < 4.78 is 0. The molecule has 0 aliphatic rings. The van der Waals surface area contributed by atoms with Crippen LogP contribution in [0.2, 0.25) is 0 Å². The van der Waals surface area contributed by atoms with E-state index < -0.39 is 0 Å². The summed E-state index contributed by atoms with van der Waals surface area (Å²) in [6.45, 7) is -0.0113. The van der Waals surface area contributed by atoms with Crippen LogP contribution in [0.1, 0.15) is 11.1 Å². The normalized spacial score (nSPS) is 9.75. The van der Waals surface area contributed by atoms with Crippen molar-refractivity contribution >= 4 is 0 Å². The summed E-state index contributed by atoms with van der Waals surface area (Å²) in [6, 6.07) is 13.0. The molecular weight excluding hydrogens is 200 g/mol. The summed E-state index contributed by atoms with van der Waals surface area (Å²) in [7, 11) is 0. The van der Waals surface area contributed by atoms with Crippen molar-refractivity contribution in [2.75, 3.05) is 0 Å². The first kappa shape index (κ1) is 10.3. The summed E-state index contributed by atoms with van der Waals surface area (Å²) >= 11 is 0. The Balaban J connectivity index is 2.55. The van der Waals surface area contributed by atoms with Crippen molar-refractivity contribution in [1.82, 2.24) is 4.98 Å². The standard InChI is InChI=1S/C13H10N2O/c14-8-12-5-2-6-15-13(12)11-4-1-3-10(7-11)9-16/h1-7,16H,9H2. The molecule has 0 unspecified atom stereocenters. The molecule has 0 bridgehead atoms. The SMILES string of the molecule is N#Cc1cccnc1-c1cccc(CO)c1. The average molecular weight is 210 g/mol. The third-order valence-electron chi connectivity index (χ3n) is 2.31. The van der Waals surface area contributed by atoms with E-state index in [2.05, 4.69) is 11.1 Å². The molecule has 0 saturated carbocycles. The lowest BCUT2D eigenvalue weighted by Crippen LogP contribution is -1.90. The van der Waals surface area contributed by atoms with Gasteiger partial charge in [-0.1, -0.05) is 18.2 Å². The quantitative estimate of drug-likeness (QED) is 0.825. The molecule has 1 N–H and O–H groups in total. The number of hydrogen-bond acceptors (Lipinski definition) is 3. The van der Waals surface area contributed by atoms with E-state index in [1.54, 1.807) is 18.3 Å². The summed E-state index contributed by atoms with van der Waals surface area (Å²) in [6.07, 6.45) is 1.65. The van der Waals surface area contributed by atoms with Gasteiger partial charge in [-0.15, -0.1) is 0 Å². The lowest BCUT2D eigenvalue weighted by atomic mass is 10.0. The minimum absolute atomic E-state index is 0.0113. The van der Waals surface area contributed by atoms with Crippen LogP contribution in [0.4, 0.5) is 0 Å². The zero-order valence-electron chi connectivity index (χ0n) is 8.59. The van der Waals surface area contributed by atoms with E-state index in [4.69, 9.17) is 10.4 Å². The molecule has 0 aliphatic carbocycles. The molecule has 1 heterocycles. The Kier molecular flexibility index (Phi) is 2.95. The van der Waals surface area contributed by atoms with Crippen molar-refractivity contribution in [1.29, 1.82) is 5.26 Å². The average Bonchev–Trinajstić information content (AvgIpc) is 2.38. The Labute approximate surface area is 93.6 Å². The molecule has 16 heavy (non-hydrogen) atoms. The molecule has 3 nitrogen and oxygen atoms in total. The van der Waals surface area contributed by atoms with Gasteiger partial charge < -0.3 is 5.11 Å². The Morgan fingerprint density at radius 1 is 1.25 bits per heavy atom. The highest BCUT2D eigenvalue weighted by atomic mass is 16.3. The number of benzene rings is 1. The van der Waals surface area contributed by atoms with Gasteiger partial charge in [0.05, 0.1) is 17.9 Å². The third kappa shape index (κ3) is 1.92. The van der Waals surface area contributed by atoms with Crippen LogP contribution < -0.4 is 0 Å². The lowest BCUT2D eigenvalue weighted by molar-refractivity contribution is 0.282. The molecular formula is C13H10N2O. The van der Waals surface area contributed by atoms with Gasteiger partial charge in [0.1, 0.15) is 6.07 Å². The molecule has 0 amide bonds. The Morgan fingerprint density at radius 3 is 2.88 bits per heavy atom. The summed E-state index contributed by atoms with van der Waals surface area (Å²) in [5, 5.41) is 18.0. The molecule has 78 valence electrons. The van der Waals surface area contributed by atoms with Gasteiger partial charge in [0.25, 0.3) is 0 Å². The van der Waals surface area contributed by atoms with Gasteiger partial charge in [0.15, 0.2) is 0 Å². The van der Waals surface area contributed by atoms with Gasteiger partial charge >= 0.3 is 0 Å². The lowest BCUT2D eigenvalue weighted by Gasteiger charge is -2.04. The van der Waals surface area contributed by atoms with Crippen molar-refractivity contribution in [2.45, 2.75) is 6.61 Å². The summed E-state index contributed by atoms with van der Waals surface area (Å²) in [5.74, 6) is 0. The van der Waals surface area contributed by atoms with Crippen LogP contribution in [0.15, 0.2) is 42.6 Å². The minimum atomic E-state index is -0.0113. The van der Waals surface area contributed by atoms with Crippen LogP contribution in [-0.4, -0.2) is 10.1 Å². The third-order valence-corrected chi connectivity index (χ3v) is 2.31. The number of aliphatic hydroxyl groups excluding tert-OH is 1. The maximum Gasteiger partial charge on any atom is 0.101 e. The summed E-state index contributed by atoms with van der Waals surface area (Å²) in [4.78, 5) is 4.19. The maximum atomic E-state index is 9.05. The van der Waals surface area contributed by atoms with Crippen LogP contribution in [0.3, 0.4) is 0 Å². The topological polar surface area (TPSA) is 56.9 Å². The largest absolute Gasteiger partial charge is 0.392 e. The second-order valence-corrected chi connectivity index (χ2v) is 3.37. The number of nitrogens with zero attached hydrogens (tertiary/aromatic N) is 2. The molecule has 2 rings (SSSR count). The van der Waals surface area contributed by atoms with Crippen LogP contribution in [0.5, 0.6) is 0 Å². The predicted octanol–water partition coefficient (Wildman–Crippen LogP) is 2.11. The molecule has 0 atom stereocenters. The van der Waals surface area contributed by atoms with E-state index >= 15 is 0 Å². The second-order valence-electron chi connectivity index (χ2n) is 3.37. The van der Waals surface area contributed by atoms with Crippen LogP contribution in [0, 0.1) is 11.3 Å². The number of pyridine rings is 1. The molecule has 1 aromatic carbocycles. The van der Waals surface area contributed by atoms with Crippen molar-refractivity contribution in [3.8, 4) is 17.3 Å². The van der Waals surface area contributed by atoms with Gasteiger partial charge in [0, 0.05) is 11.8 Å². The van der Waals surface area contributed by atoms with Gasteiger partial charge in [0.2, 0.25) is 0 Å². The fraction of sp³-hybridized carbons (Fsp3) is 0.0769. The van der Waals surface area contributed by atoms with Gasteiger partial charge in [-0.2, -0.15) is 5.26 Å². The number of hydrogen-bond donors (Lipinski definition) is 1. The molecule has 0 spiro atoms. The maximum absolute atomic E-state index is 9.05. The van der Waals surface area contributed by atoms with Gasteiger partial charge in [-0.25, -0.2) is 0 Å². The molecule has 3 heteroatoms. The first-order valence-electron chi connectivity index (χ1n) is 4.90. The Hall–Kier alpha value is -2.18. The van der Waals surface area contributed by atoms with Gasteiger partial charge in [-0.05, 0) is 23.8 Å². The van der Waals surface area contributed by atoms with Crippen molar-refractivity contribution in [3.05, 3.63) is 53.7 Å². The first-order chi connectivity index (χ1) is 7.85. The van der Waals surface area contributed by atoms with Crippen LogP contribution in [0.25, 0.3) is 11.3 Å². The monoisotopic (exact) mass is 210 g/mol. The molecule has 1 aromatic heterocycles. The molecule has 0 fully saturated rings. The minimum Gasteiger partial charge on any atom is -0.392 e. The van der Waals surface area contributed by atoms with Crippen molar-refractivity contribution < 1.29 is 5.11 Å². The van der Waals surface area contributed by atoms with Crippen LogP contribution in [-0.2, 0) is 6.61 Å². The number of aromatic nitrogens is 1. The first-order valence-corrected chi connectivity index (χ1v) is 4.90. The highest BCUT2D eigenvalue weighted by molar-refractivity contribution is 5.66. The number of aliphatic hydroxyl groups is 1. The molecule has 2 aromatic rings. The summed E-state index contributed by atoms with van der Waals surface area (Å²) in [5.41, 5.74) is 2.86. The fourth-order valence-electron chi connectivity index (χ4n) is 1.54. The Bertz CT molecular complexity index is 544. The second kappa shape index (κ2) is 4.56. The zero-order chi connectivity index (χ0) is 11.4. The molecule has 0 radical (unpaired) electrons. The highest BCUT2D eigenvalue weighted by Gasteiger charge is 2.05. The fourth-order valence-corrected chi connectivity index (χ4v) is 1.54. The van der Waals surface area contributed by atoms with E-state index in [0.717, 1.165) is 11.1 Å². The number of rotatable bonds is 2. The van der Waals surface area contributed by atoms with E-state index in [-0.39, 0.29) is 6.61 Å². The molecule has 0 aliphatic heterocycles. The molecule has 0 saturated heterocycles. The van der Waals surface area contributed by atoms with Crippen LogP contribution >= 0.6 is 0 Å². The van der Waals surface area contributed by atoms with E-state index in [1.165, 1.54) is 0 Å². The smallest absolute Gasteiger partial charge is 0.101 e. The van der Waals surface area contributed by atoms with Crippen molar-refractivity contribution in [3.63, 3.8) is 0 Å². The van der Waals surface area contributed by atoms with Gasteiger partial charge in [-0.3, -0.25) is 4.98 Å². The Morgan fingerprint density at radius 2 is 2.12 bits per heavy atom. The van der Waals surface area contributed by atoms with Crippen molar-refractivity contribution in [2.24, 2.45) is 0 Å². The van der Waals surface area contributed by atoms with E-state index in [9.17, 15) is 0 Å².